The normalized spacial score (nSPS) is 10.3. The van der Waals surface area contributed by atoms with Crippen molar-refractivity contribution in [3.8, 4) is 0 Å². The van der Waals surface area contributed by atoms with Crippen LogP contribution in [0.4, 0.5) is 11.4 Å². The van der Waals surface area contributed by atoms with Gasteiger partial charge in [-0.25, -0.2) is 0 Å². The van der Waals surface area contributed by atoms with Crippen molar-refractivity contribution in [2.75, 3.05) is 17.7 Å². The Balaban J connectivity index is 2.40. The lowest BCUT2D eigenvalue weighted by atomic mass is 10.1. The van der Waals surface area contributed by atoms with Crippen LogP contribution in [-0.4, -0.2) is 13.0 Å². The van der Waals surface area contributed by atoms with Crippen LogP contribution in [0.15, 0.2) is 42.5 Å². The smallest absolute Gasteiger partial charge is 0.259 e. The summed E-state index contributed by atoms with van der Waals surface area (Å²) >= 11 is 2.20. The molecule has 0 aliphatic carbocycles. The molecule has 98 valence electrons. The van der Waals surface area contributed by atoms with E-state index in [0.717, 1.165) is 14.8 Å². The highest BCUT2D eigenvalue weighted by Gasteiger charge is 2.18. The molecule has 0 heterocycles. The first-order valence-corrected chi connectivity index (χ1v) is 6.98. The van der Waals surface area contributed by atoms with E-state index < -0.39 is 0 Å². The van der Waals surface area contributed by atoms with Crippen LogP contribution < -0.4 is 10.6 Å². The molecule has 0 fully saturated rings. The maximum absolute atomic E-state index is 12.5. The van der Waals surface area contributed by atoms with Crippen LogP contribution in [0.1, 0.15) is 15.9 Å². The number of halogens is 1. The Bertz CT molecular complexity index is 625. The first-order chi connectivity index (χ1) is 9.02. The molecule has 0 atom stereocenters. The Morgan fingerprint density at radius 1 is 1.16 bits per heavy atom. The number of hydrogen-bond acceptors (Lipinski definition) is 2. The minimum atomic E-state index is -0.0500. The number of carbonyl (C=O) groups is 1. The van der Waals surface area contributed by atoms with Crippen LogP contribution in [0.3, 0.4) is 0 Å². The number of nitrogen functional groups attached to an aromatic ring is 1. The van der Waals surface area contributed by atoms with Gasteiger partial charge in [0.1, 0.15) is 0 Å². The summed E-state index contributed by atoms with van der Waals surface area (Å²) in [6.45, 7) is 2.00. The summed E-state index contributed by atoms with van der Waals surface area (Å²) in [5, 5.41) is 0. The molecule has 0 unspecified atom stereocenters. The van der Waals surface area contributed by atoms with E-state index in [9.17, 15) is 4.79 Å². The number of rotatable bonds is 2. The van der Waals surface area contributed by atoms with Crippen LogP contribution in [0.25, 0.3) is 0 Å². The zero-order valence-electron chi connectivity index (χ0n) is 10.9. The monoisotopic (exact) mass is 366 g/mol. The first-order valence-electron chi connectivity index (χ1n) is 5.90. The molecule has 3 nitrogen and oxygen atoms in total. The van der Waals surface area contributed by atoms with Gasteiger partial charge in [-0.1, -0.05) is 24.3 Å². The van der Waals surface area contributed by atoms with Crippen molar-refractivity contribution in [1.82, 2.24) is 0 Å². The van der Waals surface area contributed by atoms with Gasteiger partial charge in [0.25, 0.3) is 5.91 Å². The average molecular weight is 366 g/mol. The number of para-hydroxylation sites is 2. The Kier molecular flexibility index (Phi) is 4.09. The summed E-state index contributed by atoms with van der Waals surface area (Å²) in [5.41, 5.74) is 9.03. The van der Waals surface area contributed by atoms with Crippen LogP contribution in [-0.2, 0) is 0 Å². The molecular formula is C15H15IN2O. The number of aryl methyl sites for hydroxylation is 1. The molecule has 0 aromatic heterocycles. The lowest BCUT2D eigenvalue weighted by Gasteiger charge is -2.20. The van der Waals surface area contributed by atoms with Gasteiger partial charge in [0, 0.05) is 10.6 Å². The zero-order chi connectivity index (χ0) is 14.0. The summed E-state index contributed by atoms with van der Waals surface area (Å²) < 4.78 is 0.978. The molecule has 2 N–H and O–H groups in total. The highest BCUT2D eigenvalue weighted by molar-refractivity contribution is 14.1. The van der Waals surface area contributed by atoms with Crippen LogP contribution in [0.2, 0.25) is 0 Å². The van der Waals surface area contributed by atoms with Crippen molar-refractivity contribution in [3.05, 3.63) is 57.2 Å². The number of anilines is 2. The molecule has 0 spiro atoms. The number of nitrogens with two attached hydrogens (primary N) is 1. The first kappa shape index (κ1) is 13.9. The van der Waals surface area contributed by atoms with Crippen molar-refractivity contribution in [3.63, 3.8) is 0 Å². The minimum Gasteiger partial charge on any atom is -0.397 e. The van der Waals surface area contributed by atoms with E-state index in [4.69, 9.17) is 5.73 Å². The molecule has 2 aromatic rings. The van der Waals surface area contributed by atoms with E-state index in [-0.39, 0.29) is 5.91 Å². The number of nitrogens with zero attached hydrogens (tertiary/aromatic N) is 1. The summed E-state index contributed by atoms with van der Waals surface area (Å²) in [6.07, 6.45) is 0. The van der Waals surface area contributed by atoms with Crippen molar-refractivity contribution >= 4 is 39.9 Å². The molecule has 19 heavy (non-hydrogen) atoms. The Morgan fingerprint density at radius 2 is 1.84 bits per heavy atom. The standard InChI is InChI=1S/C15H15IN2O/c1-10-6-5-7-11(14(10)16)15(19)18(2)13-9-4-3-8-12(13)17/h3-9H,17H2,1-2H3. The van der Waals surface area contributed by atoms with Gasteiger partial charge in [-0.2, -0.15) is 0 Å². The lowest BCUT2D eigenvalue weighted by Crippen LogP contribution is -2.27. The Labute approximate surface area is 126 Å². The topological polar surface area (TPSA) is 46.3 Å². The molecule has 0 bridgehead atoms. The molecule has 1 amide bonds. The van der Waals surface area contributed by atoms with Crippen molar-refractivity contribution in [1.29, 1.82) is 0 Å². The summed E-state index contributed by atoms with van der Waals surface area (Å²) in [6, 6.07) is 13.1. The molecule has 0 aliphatic rings. The molecule has 0 radical (unpaired) electrons. The van der Waals surface area contributed by atoms with Crippen LogP contribution in [0.5, 0.6) is 0 Å². The Morgan fingerprint density at radius 3 is 2.53 bits per heavy atom. The molecule has 0 aliphatic heterocycles. The van der Waals surface area contributed by atoms with E-state index in [2.05, 4.69) is 22.6 Å². The highest BCUT2D eigenvalue weighted by atomic mass is 127. The fourth-order valence-corrected chi connectivity index (χ4v) is 2.49. The number of amides is 1. The molecule has 4 heteroatoms. The number of carbonyl (C=O) groups excluding carboxylic acids is 1. The van der Waals surface area contributed by atoms with Crippen molar-refractivity contribution in [2.24, 2.45) is 0 Å². The van der Waals surface area contributed by atoms with Gasteiger partial charge in [-0.15, -0.1) is 0 Å². The molecule has 2 rings (SSSR count). The Hall–Kier alpha value is -1.56. The third kappa shape index (κ3) is 2.73. The highest BCUT2D eigenvalue weighted by Crippen LogP contribution is 2.25. The molecule has 2 aromatic carbocycles. The molecule has 0 saturated heterocycles. The third-order valence-electron chi connectivity index (χ3n) is 3.02. The largest absolute Gasteiger partial charge is 0.397 e. The summed E-state index contributed by atoms with van der Waals surface area (Å²) in [5.74, 6) is -0.0500. The second kappa shape index (κ2) is 5.61. The van der Waals surface area contributed by atoms with Gasteiger partial charge < -0.3 is 10.6 Å². The van der Waals surface area contributed by atoms with Crippen molar-refractivity contribution in [2.45, 2.75) is 6.92 Å². The predicted octanol–water partition coefficient (Wildman–Crippen LogP) is 3.46. The quantitative estimate of drug-likeness (QED) is 0.654. The van der Waals surface area contributed by atoms with E-state index in [1.165, 1.54) is 0 Å². The molecule has 0 saturated carbocycles. The SMILES string of the molecule is Cc1cccc(C(=O)N(C)c2ccccc2N)c1I. The predicted molar refractivity (Wildman–Crippen MR) is 87.5 cm³/mol. The van der Waals surface area contributed by atoms with Gasteiger partial charge in [0.2, 0.25) is 0 Å². The third-order valence-corrected chi connectivity index (χ3v) is 4.46. The number of hydrogen-bond donors (Lipinski definition) is 1. The lowest BCUT2D eigenvalue weighted by molar-refractivity contribution is 0.0992. The maximum Gasteiger partial charge on any atom is 0.259 e. The fraction of sp³-hybridized carbons (Fsp3) is 0.133. The van der Waals surface area contributed by atoms with Gasteiger partial charge in [-0.05, 0) is 53.3 Å². The van der Waals surface area contributed by atoms with Crippen LogP contribution in [0, 0.1) is 10.5 Å². The number of benzene rings is 2. The van der Waals surface area contributed by atoms with E-state index in [0.29, 0.717) is 11.3 Å². The van der Waals surface area contributed by atoms with E-state index in [1.807, 2.05) is 43.3 Å². The maximum atomic E-state index is 12.5. The second-order valence-corrected chi connectivity index (χ2v) is 5.44. The van der Waals surface area contributed by atoms with Gasteiger partial charge in [0.15, 0.2) is 0 Å². The van der Waals surface area contributed by atoms with Crippen molar-refractivity contribution < 1.29 is 4.79 Å². The van der Waals surface area contributed by atoms with Crippen LogP contribution >= 0.6 is 22.6 Å². The average Bonchev–Trinajstić information content (AvgIpc) is 2.41. The van der Waals surface area contributed by atoms with Gasteiger partial charge >= 0.3 is 0 Å². The van der Waals surface area contributed by atoms with Gasteiger partial charge in [0.05, 0.1) is 16.9 Å². The van der Waals surface area contributed by atoms with Gasteiger partial charge in [-0.3, -0.25) is 4.79 Å². The van der Waals surface area contributed by atoms with E-state index >= 15 is 0 Å². The summed E-state index contributed by atoms with van der Waals surface area (Å²) in [7, 11) is 1.74. The zero-order valence-corrected chi connectivity index (χ0v) is 13.0. The summed E-state index contributed by atoms with van der Waals surface area (Å²) in [4.78, 5) is 14.1. The second-order valence-electron chi connectivity index (χ2n) is 4.36. The minimum absolute atomic E-state index is 0.0500. The van der Waals surface area contributed by atoms with E-state index in [1.54, 1.807) is 18.0 Å². The fourth-order valence-electron chi connectivity index (χ4n) is 1.90. The molecular weight excluding hydrogens is 351 g/mol.